The van der Waals surface area contributed by atoms with Crippen molar-refractivity contribution in [2.45, 2.75) is 48.1 Å². The van der Waals surface area contributed by atoms with Crippen LogP contribution in [-0.4, -0.2) is 35.0 Å². The molecule has 1 aromatic carbocycles. The summed E-state index contributed by atoms with van der Waals surface area (Å²) >= 11 is 3.02. The maximum Gasteiger partial charge on any atom is 1.00 e. The topological polar surface area (TPSA) is 101 Å². The molecule has 8 heteroatoms. The van der Waals surface area contributed by atoms with E-state index in [4.69, 9.17) is 14.9 Å². The van der Waals surface area contributed by atoms with Gasteiger partial charge in [-0.3, -0.25) is 4.79 Å². The minimum absolute atomic E-state index is 0. The molecular formula is C19H28BrNaO6. The van der Waals surface area contributed by atoms with Crippen LogP contribution in [-0.2, 0) is 16.1 Å². The van der Waals surface area contributed by atoms with E-state index in [1.165, 1.54) is 19.2 Å². The van der Waals surface area contributed by atoms with Crippen LogP contribution in [0.4, 0.5) is 0 Å². The molecule has 27 heavy (non-hydrogen) atoms. The van der Waals surface area contributed by atoms with Crippen LogP contribution >= 0.6 is 15.9 Å². The maximum absolute atomic E-state index is 11.5. The number of benzene rings is 1. The summed E-state index contributed by atoms with van der Waals surface area (Å²) < 4.78 is 5.06. The number of carboxylic acids is 2. The van der Waals surface area contributed by atoms with Gasteiger partial charge in [0.2, 0.25) is 0 Å². The summed E-state index contributed by atoms with van der Waals surface area (Å²) in [4.78, 5) is 33.2. The fraction of sp³-hybridized carbons (Fsp3) is 0.526. The molecular weight excluding hydrogens is 427 g/mol. The first-order chi connectivity index (χ1) is 11.6. The molecule has 0 spiro atoms. The zero-order valence-electron chi connectivity index (χ0n) is 18.3. The number of carboxylic acid groups (broad SMARTS) is 2. The third-order valence-corrected chi connectivity index (χ3v) is 3.97. The third kappa shape index (κ3) is 9.34. The first kappa shape index (κ1) is 28.5. The van der Waals surface area contributed by atoms with Crippen molar-refractivity contribution in [1.29, 1.82) is 0 Å². The molecule has 148 valence electrons. The van der Waals surface area contributed by atoms with Gasteiger partial charge in [-0.2, -0.15) is 0 Å². The van der Waals surface area contributed by atoms with E-state index in [0.717, 1.165) is 0 Å². The Morgan fingerprint density at radius 1 is 0.963 bits per heavy atom. The predicted molar refractivity (Wildman–Crippen MR) is 104 cm³/mol. The van der Waals surface area contributed by atoms with Gasteiger partial charge < -0.3 is 16.4 Å². The number of Topliss-reactive ketones (excluding diaryl/α,β-unsaturated/α-hetero) is 1. The first-order valence-corrected chi connectivity index (χ1v) is 8.75. The molecule has 0 heterocycles. The van der Waals surface area contributed by atoms with E-state index >= 15 is 0 Å². The van der Waals surface area contributed by atoms with Crippen molar-refractivity contribution in [3.8, 4) is 0 Å². The Kier molecular flexibility index (Phi) is 11.9. The molecule has 0 aliphatic carbocycles. The van der Waals surface area contributed by atoms with Crippen LogP contribution in [0, 0.1) is 10.8 Å². The second kappa shape index (κ2) is 11.3. The van der Waals surface area contributed by atoms with Gasteiger partial charge in [0.25, 0.3) is 0 Å². The Morgan fingerprint density at radius 3 is 1.63 bits per heavy atom. The van der Waals surface area contributed by atoms with E-state index < -0.39 is 11.9 Å². The first-order valence-electron chi connectivity index (χ1n) is 7.95. The summed E-state index contributed by atoms with van der Waals surface area (Å²) in [6, 6.07) is 2.56. The molecule has 0 aromatic heterocycles. The number of halogens is 1. The minimum atomic E-state index is -1.12. The third-order valence-electron chi connectivity index (χ3n) is 3.32. The monoisotopic (exact) mass is 454 g/mol. The Morgan fingerprint density at radius 2 is 1.37 bits per heavy atom. The standard InChI is InChI=1S/C10H9BrO5.C9H18O.Na.H/c1-16-4-5-2-7(10(14)15)8(11)3-6(5)9(12)13;1-8(2,3)7(10)9(4,5)6;;/h2-3H,4H2,1H3,(H,12,13)(H,14,15);1-6H3;;/q;;+1;-1. The Balaban J connectivity index is -0.000000458. The van der Waals surface area contributed by atoms with Crippen LogP contribution in [0.15, 0.2) is 16.6 Å². The summed E-state index contributed by atoms with van der Waals surface area (Å²) in [5.74, 6) is -1.93. The van der Waals surface area contributed by atoms with Crippen LogP contribution in [0.1, 0.15) is 69.2 Å². The van der Waals surface area contributed by atoms with E-state index in [1.54, 1.807) is 0 Å². The Bertz CT molecular complexity index is 677. The van der Waals surface area contributed by atoms with Crippen LogP contribution in [0.25, 0.3) is 0 Å². The smallest absolute Gasteiger partial charge is 1.00 e. The predicted octanol–water partition coefficient (Wildman–Crippen LogP) is 1.76. The number of rotatable bonds is 4. The van der Waals surface area contributed by atoms with Gasteiger partial charge >= 0.3 is 41.5 Å². The average Bonchev–Trinajstić information content (AvgIpc) is 2.46. The Labute approximate surface area is 192 Å². The summed E-state index contributed by atoms with van der Waals surface area (Å²) in [7, 11) is 1.41. The molecule has 0 amide bonds. The summed E-state index contributed by atoms with van der Waals surface area (Å²) in [5, 5.41) is 17.8. The van der Waals surface area contributed by atoms with Gasteiger partial charge in [0.1, 0.15) is 5.78 Å². The fourth-order valence-corrected chi connectivity index (χ4v) is 2.89. The van der Waals surface area contributed by atoms with Gasteiger partial charge in [-0.05, 0) is 33.6 Å². The molecule has 0 aliphatic rings. The van der Waals surface area contributed by atoms with E-state index in [9.17, 15) is 14.4 Å². The van der Waals surface area contributed by atoms with Gasteiger partial charge in [-0.25, -0.2) is 9.59 Å². The Hall–Kier alpha value is -0.730. The molecule has 1 rings (SSSR count). The summed E-state index contributed by atoms with van der Waals surface area (Å²) in [5.41, 5.74) is -0.0253. The van der Waals surface area contributed by atoms with Gasteiger partial charge in [0.05, 0.1) is 17.7 Å². The molecule has 0 saturated carbocycles. The molecule has 0 radical (unpaired) electrons. The SMILES string of the molecule is CC(C)(C)C(=O)C(C)(C)C.COCc1cc(C(=O)O)c(Br)cc1C(=O)O.[H-].[Na+]. The number of carbonyl (C=O) groups is 3. The second-order valence-electron chi connectivity index (χ2n) is 7.86. The number of ketones is 1. The van der Waals surface area contributed by atoms with Crippen LogP contribution < -0.4 is 29.6 Å². The molecule has 1 aromatic rings. The molecule has 0 bridgehead atoms. The van der Waals surface area contributed by atoms with Gasteiger partial charge in [-0.1, -0.05) is 41.5 Å². The van der Waals surface area contributed by atoms with Crippen molar-refractivity contribution in [2.24, 2.45) is 10.8 Å². The van der Waals surface area contributed by atoms with Crippen molar-refractivity contribution < 1.29 is 60.3 Å². The second-order valence-corrected chi connectivity index (χ2v) is 8.72. The number of ether oxygens (including phenoxy) is 1. The van der Waals surface area contributed by atoms with Gasteiger partial charge in [0, 0.05) is 22.4 Å². The zero-order chi connectivity index (χ0) is 20.9. The van der Waals surface area contributed by atoms with Crippen LogP contribution in [0.3, 0.4) is 0 Å². The molecule has 2 N–H and O–H groups in total. The number of aromatic carboxylic acids is 2. The molecule has 0 atom stereocenters. The quantitative estimate of drug-likeness (QED) is 0.672. The molecule has 6 nitrogen and oxygen atoms in total. The van der Waals surface area contributed by atoms with Crippen molar-refractivity contribution in [3.63, 3.8) is 0 Å². The maximum atomic E-state index is 11.5. The average molecular weight is 455 g/mol. The minimum Gasteiger partial charge on any atom is -1.00 e. The molecule has 0 unspecified atom stereocenters. The van der Waals surface area contributed by atoms with Crippen LogP contribution in [0.5, 0.6) is 0 Å². The number of carbonyl (C=O) groups excluding carboxylic acids is 1. The van der Waals surface area contributed by atoms with E-state index in [0.29, 0.717) is 11.3 Å². The van der Waals surface area contributed by atoms with Gasteiger partial charge in [0.15, 0.2) is 0 Å². The fourth-order valence-electron chi connectivity index (χ4n) is 2.38. The largest absolute Gasteiger partial charge is 1.00 e. The van der Waals surface area contributed by atoms with E-state index in [1.807, 2.05) is 41.5 Å². The summed E-state index contributed by atoms with van der Waals surface area (Å²) in [6.07, 6.45) is 0. The molecule has 0 aliphatic heterocycles. The van der Waals surface area contributed by atoms with Gasteiger partial charge in [-0.15, -0.1) is 0 Å². The van der Waals surface area contributed by atoms with Crippen molar-refractivity contribution in [3.05, 3.63) is 33.3 Å². The van der Waals surface area contributed by atoms with E-state index in [2.05, 4.69) is 15.9 Å². The normalized spacial score (nSPS) is 11.0. The van der Waals surface area contributed by atoms with Crippen molar-refractivity contribution in [2.75, 3.05) is 7.11 Å². The van der Waals surface area contributed by atoms with E-state index in [-0.39, 0.29) is 64.0 Å². The number of hydrogen-bond acceptors (Lipinski definition) is 4. The molecule has 0 saturated heterocycles. The number of hydrogen-bond donors (Lipinski definition) is 2. The number of methoxy groups -OCH3 is 1. The zero-order valence-corrected chi connectivity index (χ0v) is 20.9. The van der Waals surface area contributed by atoms with Crippen molar-refractivity contribution >= 4 is 33.7 Å². The summed E-state index contributed by atoms with van der Waals surface area (Å²) in [6.45, 7) is 11.8. The molecule has 0 fully saturated rings. The van der Waals surface area contributed by atoms with Crippen molar-refractivity contribution in [1.82, 2.24) is 0 Å². The van der Waals surface area contributed by atoms with Crippen LogP contribution in [0.2, 0.25) is 0 Å².